The summed E-state index contributed by atoms with van der Waals surface area (Å²) >= 11 is 0. The third-order valence-corrected chi connectivity index (χ3v) is 5.17. The number of hydrogen-bond acceptors (Lipinski definition) is 4. The molecular weight excluding hydrogens is 471 g/mol. The van der Waals surface area contributed by atoms with Gasteiger partial charge < -0.3 is 25.4 Å². The average molecular weight is 504 g/mol. The van der Waals surface area contributed by atoms with Gasteiger partial charge in [0, 0.05) is 33.9 Å². The van der Waals surface area contributed by atoms with Crippen LogP contribution < -0.4 is 20.7 Å². The second-order valence-electron chi connectivity index (χ2n) is 7.00. The third-order valence-electron chi connectivity index (χ3n) is 5.17. The number of methoxy groups -OCH3 is 2. The Morgan fingerprint density at radius 2 is 1.86 bits per heavy atom. The Balaban J connectivity index is 0.00000392. The number of aliphatic imine (C=N–C) groups is 1. The molecule has 1 fully saturated rings. The van der Waals surface area contributed by atoms with Crippen LogP contribution in [0.25, 0.3) is 0 Å². The van der Waals surface area contributed by atoms with E-state index < -0.39 is 0 Å². The van der Waals surface area contributed by atoms with Crippen LogP contribution in [-0.2, 0) is 16.1 Å². The van der Waals surface area contributed by atoms with E-state index in [0.29, 0.717) is 17.9 Å². The molecule has 1 aliphatic rings. The van der Waals surface area contributed by atoms with E-state index in [1.54, 1.807) is 21.3 Å². The molecule has 0 spiro atoms. The van der Waals surface area contributed by atoms with Gasteiger partial charge in [-0.2, -0.15) is 0 Å². The number of ether oxygens (including phenoxy) is 2. The molecule has 3 N–H and O–H groups in total. The first-order valence-corrected chi connectivity index (χ1v) is 9.44. The minimum atomic E-state index is -0.0773. The van der Waals surface area contributed by atoms with Gasteiger partial charge >= 0.3 is 0 Å². The average Bonchev–Trinajstić information content (AvgIpc) is 2.67. The molecule has 0 radical (unpaired) electrons. The van der Waals surface area contributed by atoms with Gasteiger partial charge in [0.2, 0.25) is 5.91 Å². The highest BCUT2D eigenvalue weighted by molar-refractivity contribution is 14.0. The van der Waals surface area contributed by atoms with Crippen molar-refractivity contribution in [1.29, 1.82) is 0 Å². The molecule has 158 valence electrons. The number of carbonyl (C=O) groups excluding carboxylic acids is 1. The number of carbonyl (C=O) groups is 1. The molecule has 2 rings (SSSR count). The lowest BCUT2D eigenvalue weighted by Gasteiger charge is -2.42. The van der Waals surface area contributed by atoms with Gasteiger partial charge in [-0.25, -0.2) is 0 Å². The van der Waals surface area contributed by atoms with Crippen molar-refractivity contribution in [2.24, 2.45) is 10.4 Å². The minimum Gasteiger partial charge on any atom is -0.497 e. The molecule has 0 atom stereocenters. The summed E-state index contributed by atoms with van der Waals surface area (Å²) in [6, 6.07) is 7.63. The van der Waals surface area contributed by atoms with Gasteiger partial charge in [-0.1, -0.05) is 18.6 Å². The van der Waals surface area contributed by atoms with Crippen molar-refractivity contribution in [3.63, 3.8) is 0 Å². The van der Waals surface area contributed by atoms with Gasteiger partial charge in [0.15, 0.2) is 5.96 Å². The first kappa shape index (κ1) is 24.5. The maximum absolute atomic E-state index is 12.1. The number of benzene rings is 1. The number of hydrogen-bond donors (Lipinski definition) is 3. The second-order valence-corrected chi connectivity index (χ2v) is 7.00. The largest absolute Gasteiger partial charge is 0.497 e. The van der Waals surface area contributed by atoms with Crippen LogP contribution in [0.2, 0.25) is 0 Å². The van der Waals surface area contributed by atoms with E-state index in [1.807, 2.05) is 24.3 Å². The lowest BCUT2D eigenvalue weighted by atomic mass is 9.67. The van der Waals surface area contributed by atoms with Crippen molar-refractivity contribution < 1.29 is 14.3 Å². The van der Waals surface area contributed by atoms with Crippen molar-refractivity contribution in [2.45, 2.75) is 32.2 Å². The van der Waals surface area contributed by atoms with E-state index in [4.69, 9.17) is 9.47 Å². The van der Waals surface area contributed by atoms with Gasteiger partial charge in [0.05, 0.1) is 13.7 Å². The fourth-order valence-corrected chi connectivity index (χ4v) is 3.17. The molecule has 1 aromatic carbocycles. The normalized spacial score (nSPS) is 15.0. The predicted octanol–water partition coefficient (Wildman–Crippen LogP) is 2.30. The van der Waals surface area contributed by atoms with E-state index in [9.17, 15) is 4.79 Å². The van der Waals surface area contributed by atoms with Crippen LogP contribution >= 0.6 is 24.0 Å². The summed E-state index contributed by atoms with van der Waals surface area (Å²) in [5.41, 5.74) is 1.32. The van der Waals surface area contributed by atoms with Gasteiger partial charge in [-0.3, -0.25) is 9.79 Å². The zero-order valence-electron chi connectivity index (χ0n) is 17.0. The maximum atomic E-state index is 12.1. The predicted molar refractivity (Wildman–Crippen MR) is 122 cm³/mol. The fraction of sp³-hybridized carbons (Fsp3) is 0.600. The molecular formula is C20H33IN4O3. The standard InChI is InChI=1S/C20H32N4O3.HI/c1-21-19(24-15-20(9-4-10-20)11-12-26-2)23-14-18(25)22-13-16-5-7-17(27-3)8-6-16;/h5-8H,4,9-15H2,1-3H3,(H,22,25)(H2,21,23,24);1H. The number of halogens is 1. The quantitative estimate of drug-likeness (QED) is 0.259. The smallest absolute Gasteiger partial charge is 0.239 e. The van der Waals surface area contributed by atoms with E-state index in [-0.39, 0.29) is 36.4 Å². The lowest BCUT2D eigenvalue weighted by Crippen LogP contribution is -2.48. The molecule has 0 saturated heterocycles. The van der Waals surface area contributed by atoms with Gasteiger partial charge in [0.1, 0.15) is 5.75 Å². The zero-order valence-corrected chi connectivity index (χ0v) is 19.4. The Bertz CT molecular complexity index is 618. The van der Waals surface area contributed by atoms with Crippen molar-refractivity contribution >= 4 is 35.8 Å². The van der Waals surface area contributed by atoms with Crippen molar-refractivity contribution in [2.75, 3.05) is 41.0 Å². The van der Waals surface area contributed by atoms with E-state index in [2.05, 4.69) is 20.9 Å². The number of amides is 1. The van der Waals surface area contributed by atoms with E-state index in [0.717, 1.165) is 30.9 Å². The summed E-state index contributed by atoms with van der Waals surface area (Å²) in [7, 11) is 5.09. The number of guanidine groups is 1. The topological polar surface area (TPSA) is 84.0 Å². The highest BCUT2D eigenvalue weighted by Crippen LogP contribution is 2.43. The summed E-state index contributed by atoms with van der Waals surface area (Å²) in [5, 5.41) is 9.33. The highest BCUT2D eigenvalue weighted by atomic mass is 127. The van der Waals surface area contributed by atoms with Crippen LogP contribution in [0.5, 0.6) is 5.75 Å². The number of rotatable bonds is 10. The van der Waals surface area contributed by atoms with Crippen LogP contribution in [0.1, 0.15) is 31.2 Å². The Kier molecular flexibility index (Phi) is 11.2. The zero-order chi connectivity index (χ0) is 19.5. The molecule has 1 saturated carbocycles. The molecule has 0 aliphatic heterocycles. The molecule has 28 heavy (non-hydrogen) atoms. The number of nitrogens with one attached hydrogen (secondary N) is 3. The molecule has 1 aliphatic carbocycles. The molecule has 0 aromatic heterocycles. The Labute approximate surface area is 185 Å². The third kappa shape index (κ3) is 7.83. The fourth-order valence-electron chi connectivity index (χ4n) is 3.17. The van der Waals surface area contributed by atoms with E-state index >= 15 is 0 Å². The Morgan fingerprint density at radius 1 is 1.14 bits per heavy atom. The molecule has 7 nitrogen and oxygen atoms in total. The molecule has 1 aromatic rings. The first-order chi connectivity index (χ1) is 13.1. The van der Waals surface area contributed by atoms with Crippen molar-refractivity contribution in [1.82, 2.24) is 16.0 Å². The van der Waals surface area contributed by atoms with Crippen LogP contribution in [0.4, 0.5) is 0 Å². The highest BCUT2D eigenvalue weighted by Gasteiger charge is 2.36. The monoisotopic (exact) mass is 504 g/mol. The minimum absolute atomic E-state index is 0. The summed E-state index contributed by atoms with van der Waals surface area (Å²) < 4.78 is 10.4. The van der Waals surface area contributed by atoms with Gasteiger partial charge in [-0.05, 0) is 42.4 Å². The summed E-state index contributed by atoms with van der Waals surface area (Å²) in [6.07, 6.45) is 4.74. The summed E-state index contributed by atoms with van der Waals surface area (Å²) in [5.74, 6) is 1.38. The number of nitrogens with zero attached hydrogens (tertiary/aromatic N) is 1. The maximum Gasteiger partial charge on any atom is 0.239 e. The Morgan fingerprint density at radius 3 is 2.39 bits per heavy atom. The lowest BCUT2D eigenvalue weighted by molar-refractivity contribution is -0.120. The molecule has 0 bridgehead atoms. The molecule has 0 unspecified atom stereocenters. The van der Waals surface area contributed by atoms with Crippen LogP contribution in [-0.4, -0.2) is 52.8 Å². The molecule has 8 heteroatoms. The van der Waals surface area contributed by atoms with Crippen molar-refractivity contribution in [3.05, 3.63) is 29.8 Å². The van der Waals surface area contributed by atoms with Gasteiger partial charge in [-0.15, -0.1) is 24.0 Å². The SMILES string of the molecule is CN=C(NCC(=O)NCc1ccc(OC)cc1)NCC1(CCOC)CCC1.I. The first-order valence-electron chi connectivity index (χ1n) is 9.44. The molecule has 0 heterocycles. The van der Waals surface area contributed by atoms with Crippen LogP contribution in [0.3, 0.4) is 0 Å². The van der Waals surface area contributed by atoms with Crippen molar-refractivity contribution in [3.8, 4) is 5.75 Å². The van der Waals surface area contributed by atoms with E-state index in [1.165, 1.54) is 19.3 Å². The summed E-state index contributed by atoms with van der Waals surface area (Å²) in [4.78, 5) is 16.3. The van der Waals surface area contributed by atoms with Crippen LogP contribution in [0, 0.1) is 5.41 Å². The van der Waals surface area contributed by atoms with Gasteiger partial charge in [0.25, 0.3) is 0 Å². The molecule has 1 amide bonds. The second kappa shape index (κ2) is 12.8. The Hall–Kier alpha value is -1.55. The van der Waals surface area contributed by atoms with Crippen LogP contribution in [0.15, 0.2) is 29.3 Å². The summed E-state index contributed by atoms with van der Waals surface area (Å²) in [6.45, 7) is 2.29.